The molecule has 0 atom stereocenters. The predicted molar refractivity (Wildman–Crippen MR) is 130 cm³/mol. The standard InChI is InChI=1S/C26H24BrNO5/c1-3-32-23-15-19(13-21(27)24(23)33-16-18-9-7-8-17(2)12-18)14-22(26(30)31)28-25(29)20-10-5-4-6-11-20/h4-15H,3,16H2,1-2H3,(H,28,29)(H,30,31). The minimum absolute atomic E-state index is 0.258. The van der Waals surface area contributed by atoms with Gasteiger partial charge in [0, 0.05) is 5.56 Å². The van der Waals surface area contributed by atoms with Crippen LogP contribution in [-0.4, -0.2) is 23.6 Å². The number of rotatable bonds is 9. The Bertz CT molecular complexity index is 1170. The van der Waals surface area contributed by atoms with Crippen LogP contribution in [0.15, 0.2) is 76.9 Å². The Labute approximate surface area is 201 Å². The van der Waals surface area contributed by atoms with Gasteiger partial charge in [0.2, 0.25) is 0 Å². The van der Waals surface area contributed by atoms with Gasteiger partial charge in [0.15, 0.2) is 11.5 Å². The van der Waals surface area contributed by atoms with E-state index in [2.05, 4.69) is 21.2 Å². The summed E-state index contributed by atoms with van der Waals surface area (Å²) in [5, 5.41) is 12.1. The molecule has 1 amide bonds. The zero-order chi connectivity index (χ0) is 23.8. The number of benzene rings is 3. The lowest BCUT2D eigenvalue weighted by molar-refractivity contribution is -0.132. The van der Waals surface area contributed by atoms with Gasteiger partial charge >= 0.3 is 5.97 Å². The van der Waals surface area contributed by atoms with Gasteiger partial charge in [0.1, 0.15) is 12.3 Å². The minimum Gasteiger partial charge on any atom is -0.490 e. The van der Waals surface area contributed by atoms with Crippen LogP contribution in [0.2, 0.25) is 0 Å². The van der Waals surface area contributed by atoms with Crippen molar-refractivity contribution in [2.75, 3.05) is 6.61 Å². The highest BCUT2D eigenvalue weighted by Crippen LogP contribution is 2.38. The monoisotopic (exact) mass is 509 g/mol. The average molecular weight is 510 g/mol. The Kier molecular flexibility index (Phi) is 8.27. The Morgan fingerprint density at radius 3 is 2.45 bits per heavy atom. The van der Waals surface area contributed by atoms with Gasteiger partial charge in [-0.05, 0) is 71.2 Å². The minimum atomic E-state index is -1.26. The second-order valence-corrected chi connectivity index (χ2v) is 8.08. The molecule has 3 aromatic rings. The van der Waals surface area contributed by atoms with E-state index in [0.717, 1.165) is 11.1 Å². The maximum atomic E-state index is 12.4. The first kappa shape index (κ1) is 24.1. The summed E-state index contributed by atoms with van der Waals surface area (Å²) in [6.07, 6.45) is 1.38. The molecule has 0 aliphatic heterocycles. The molecule has 0 saturated carbocycles. The number of carbonyl (C=O) groups excluding carboxylic acids is 1. The number of halogens is 1. The number of carboxylic acid groups (broad SMARTS) is 1. The van der Waals surface area contributed by atoms with E-state index < -0.39 is 11.9 Å². The Morgan fingerprint density at radius 1 is 1.03 bits per heavy atom. The van der Waals surface area contributed by atoms with Gasteiger partial charge in [-0.2, -0.15) is 0 Å². The lowest BCUT2D eigenvalue weighted by atomic mass is 10.1. The van der Waals surface area contributed by atoms with E-state index in [4.69, 9.17) is 9.47 Å². The first-order chi connectivity index (χ1) is 15.9. The molecule has 7 heteroatoms. The smallest absolute Gasteiger partial charge is 0.352 e. The van der Waals surface area contributed by atoms with Crippen molar-refractivity contribution in [3.63, 3.8) is 0 Å². The first-order valence-electron chi connectivity index (χ1n) is 10.3. The number of hydrogen-bond donors (Lipinski definition) is 2. The van der Waals surface area contributed by atoms with Crippen LogP contribution >= 0.6 is 15.9 Å². The molecule has 6 nitrogen and oxygen atoms in total. The summed E-state index contributed by atoms with van der Waals surface area (Å²) in [5.74, 6) is -0.787. The van der Waals surface area contributed by atoms with E-state index >= 15 is 0 Å². The molecule has 2 N–H and O–H groups in total. The van der Waals surface area contributed by atoms with Crippen molar-refractivity contribution in [1.82, 2.24) is 5.32 Å². The quantitative estimate of drug-likeness (QED) is 0.367. The predicted octanol–water partition coefficient (Wildman–Crippen LogP) is 5.59. The lowest BCUT2D eigenvalue weighted by Crippen LogP contribution is -2.27. The number of aryl methyl sites for hydroxylation is 1. The highest BCUT2D eigenvalue weighted by atomic mass is 79.9. The van der Waals surface area contributed by atoms with E-state index in [1.165, 1.54) is 6.08 Å². The Balaban J connectivity index is 1.87. The number of nitrogens with one attached hydrogen (secondary N) is 1. The van der Waals surface area contributed by atoms with Gasteiger partial charge < -0.3 is 19.9 Å². The number of aliphatic carboxylic acids is 1. The SMILES string of the molecule is CCOc1cc(C=C(NC(=O)c2ccccc2)C(=O)O)cc(Br)c1OCc1cccc(C)c1. The van der Waals surface area contributed by atoms with Crippen molar-refractivity contribution in [2.45, 2.75) is 20.5 Å². The third kappa shape index (κ3) is 6.70. The third-order valence-corrected chi connectivity index (χ3v) is 5.21. The maximum absolute atomic E-state index is 12.4. The van der Waals surface area contributed by atoms with Crippen LogP contribution in [0.25, 0.3) is 6.08 Å². The molecule has 0 aliphatic carbocycles. The molecule has 0 fully saturated rings. The number of amides is 1. The Morgan fingerprint density at radius 2 is 1.79 bits per heavy atom. The van der Waals surface area contributed by atoms with Gasteiger partial charge in [-0.15, -0.1) is 0 Å². The summed E-state index contributed by atoms with van der Waals surface area (Å²) in [6, 6.07) is 19.8. The van der Waals surface area contributed by atoms with Crippen LogP contribution in [0.4, 0.5) is 0 Å². The molecule has 0 aliphatic rings. The molecule has 0 radical (unpaired) electrons. The molecule has 0 bridgehead atoms. The van der Waals surface area contributed by atoms with Crippen LogP contribution in [-0.2, 0) is 11.4 Å². The topological polar surface area (TPSA) is 84.9 Å². The second-order valence-electron chi connectivity index (χ2n) is 7.22. The van der Waals surface area contributed by atoms with Gasteiger partial charge in [-0.1, -0.05) is 48.0 Å². The van der Waals surface area contributed by atoms with E-state index in [0.29, 0.717) is 40.3 Å². The lowest BCUT2D eigenvalue weighted by Gasteiger charge is -2.15. The summed E-state index contributed by atoms with van der Waals surface area (Å²) in [7, 11) is 0. The van der Waals surface area contributed by atoms with E-state index in [-0.39, 0.29) is 5.70 Å². The summed E-state index contributed by atoms with van der Waals surface area (Å²) < 4.78 is 12.4. The molecule has 0 aromatic heterocycles. The third-order valence-electron chi connectivity index (χ3n) is 4.62. The van der Waals surface area contributed by atoms with E-state index in [1.807, 2.05) is 38.1 Å². The van der Waals surface area contributed by atoms with Gasteiger partial charge in [-0.25, -0.2) is 4.79 Å². The number of carboxylic acids is 1. The average Bonchev–Trinajstić information content (AvgIpc) is 2.79. The summed E-state index contributed by atoms with van der Waals surface area (Å²) in [6.45, 7) is 4.62. The summed E-state index contributed by atoms with van der Waals surface area (Å²) in [5.41, 5.74) is 2.79. The number of ether oxygens (including phenoxy) is 2. The van der Waals surface area contributed by atoms with Crippen molar-refractivity contribution in [3.05, 3.63) is 99.2 Å². The maximum Gasteiger partial charge on any atom is 0.352 e. The molecule has 3 rings (SSSR count). The van der Waals surface area contributed by atoms with E-state index in [1.54, 1.807) is 42.5 Å². The van der Waals surface area contributed by atoms with Crippen molar-refractivity contribution >= 4 is 33.9 Å². The molecule has 3 aromatic carbocycles. The van der Waals surface area contributed by atoms with Crippen LogP contribution in [0, 0.1) is 6.92 Å². The van der Waals surface area contributed by atoms with Crippen molar-refractivity contribution < 1.29 is 24.2 Å². The largest absolute Gasteiger partial charge is 0.490 e. The fraction of sp³-hybridized carbons (Fsp3) is 0.154. The summed E-state index contributed by atoms with van der Waals surface area (Å²) in [4.78, 5) is 24.2. The highest BCUT2D eigenvalue weighted by Gasteiger charge is 2.16. The molecule has 33 heavy (non-hydrogen) atoms. The van der Waals surface area contributed by atoms with Crippen LogP contribution in [0.1, 0.15) is 34.0 Å². The van der Waals surface area contributed by atoms with Crippen LogP contribution in [0.3, 0.4) is 0 Å². The molecule has 170 valence electrons. The van der Waals surface area contributed by atoms with Gasteiger partial charge in [-0.3, -0.25) is 4.79 Å². The number of hydrogen-bond acceptors (Lipinski definition) is 4. The highest BCUT2D eigenvalue weighted by molar-refractivity contribution is 9.10. The van der Waals surface area contributed by atoms with Crippen LogP contribution < -0.4 is 14.8 Å². The molecule has 0 saturated heterocycles. The molecular weight excluding hydrogens is 486 g/mol. The van der Waals surface area contributed by atoms with E-state index in [9.17, 15) is 14.7 Å². The second kappa shape index (κ2) is 11.3. The molecular formula is C26H24BrNO5. The molecule has 0 heterocycles. The molecule has 0 spiro atoms. The van der Waals surface area contributed by atoms with Crippen LogP contribution in [0.5, 0.6) is 11.5 Å². The van der Waals surface area contributed by atoms with Gasteiger partial charge in [0.05, 0.1) is 11.1 Å². The van der Waals surface area contributed by atoms with Gasteiger partial charge in [0.25, 0.3) is 5.91 Å². The van der Waals surface area contributed by atoms with Crippen molar-refractivity contribution in [3.8, 4) is 11.5 Å². The van der Waals surface area contributed by atoms with Crippen molar-refractivity contribution in [2.24, 2.45) is 0 Å². The first-order valence-corrected chi connectivity index (χ1v) is 11.1. The normalized spacial score (nSPS) is 11.1. The zero-order valence-corrected chi connectivity index (χ0v) is 19.9. The Hall–Kier alpha value is -3.58. The summed E-state index contributed by atoms with van der Waals surface area (Å²) >= 11 is 3.50. The fourth-order valence-electron chi connectivity index (χ4n) is 3.13. The van der Waals surface area contributed by atoms with Crippen molar-refractivity contribution in [1.29, 1.82) is 0 Å². The molecule has 0 unspecified atom stereocenters. The fourth-order valence-corrected chi connectivity index (χ4v) is 3.71. The zero-order valence-electron chi connectivity index (χ0n) is 18.3. The number of carbonyl (C=O) groups is 2.